The van der Waals surface area contributed by atoms with Crippen molar-refractivity contribution in [1.29, 1.82) is 0 Å². The first-order chi connectivity index (χ1) is 13.9. The van der Waals surface area contributed by atoms with Gasteiger partial charge in [-0.25, -0.2) is 4.52 Å². The van der Waals surface area contributed by atoms with Crippen LogP contribution in [-0.2, 0) is 6.18 Å². The summed E-state index contributed by atoms with van der Waals surface area (Å²) in [6.07, 6.45) is -2.28. The van der Waals surface area contributed by atoms with Gasteiger partial charge in [-0.1, -0.05) is 0 Å². The molecule has 1 amide bonds. The van der Waals surface area contributed by atoms with Gasteiger partial charge in [-0.3, -0.25) is 4.79 Å². The monoisotopic (exact) mass is 421 g/mol. The van der Waals surface area contributed by atoms with Crippen LogP contribution in [0.2, 0.25) is 0 Å². The van der Waals surface area contributed by atoms with Gasteiger partial charge in [0.25, 0.3) is 5.91 Å². The molecule has 2 bridgehead atoms. The van der Waals surface area contributed by atoms with Crippen LogP contribution in [0.15, 0.2) is 35.7 Å². The molecule has 3 fully saturated rings. The number of nitrogens with one attached hydrogen (secondary N) is 2. The first kappa shape index (κ1) is 18.4. The van der Waals surface area contributed by atoms with Crippen molar-refractivity contribution in [2.24, 2.45) is 0 Å². The van der Waals surface area contributed by atoms with E-state index in [1.165, 1.54) is 16.0 Å². The molecule has 2 atom stereocenters. The summed E-state index contributed by atoms with van der Waals surface area (Å²) in [7, 11) is 0. The Labute approximate surface area is 168 Å². The molecule has 3 saturated heterocycles. The molecule has 0 aliphatic carbocycles. The first-order valence-electron chi connectivity index (χ1n) is 9.35. The third-order valence-electron chi connectivity index (χ3n) is 5.54. The van der Waals surface area contributed by atoms with Gasteiger partial charge in [-0.15, -0.1) is 16.4 Å². The normalized spacial score (nSPS) is 21.7. The number of carbonyl (C=O) groups is 1. The third-order valence-corrected chi connectivity index (χ3v) is 6.50. The number of nitrogens with zero attached hydrogens (tertiary/aromatic N) is 3. The van der Waals surface area contributed by atoms with Gasteiger partial charge in [0.2, 0.25) is 0 Å². The van der Waals surface area contributed by atoms with Crippen molar-refractivity contribution < 1.29 is 18.0 Å². The van der Waals surface area contributed by atoms with Crippen LogP contribution in [0, 0.1) is 0 Å². The summed E-state index contributed by atoms with van der Waals surface area (Å²) in [6.45, 7) is 1.76. The molecule has 10 heteroatoms. The quantitative estimate of drug-likeness (QED) is 0.678. The number of alkyl halides is 3. The van der Waals surface area contributed by atoms with Gasteiger partial charge in [0.15, 0.2) is 0 Å². The van der Waals surface area contributed by atoms with Gasteiger partial charge in [-0.2, -0.15) is 13.2 Å². The summed E-state index contributed by atoms with van der Waals surface area (Å²) in [5, 5.41) is 11.8. The second-order valence-corrected chi connectivity index (χ2v) is 8.27. The van der Waals surface area contributed by atoms with Crippen LogP contribution in [-0.4, -0.2) is 40.7 Å². The fourth-order valence-electron chi connectivity index (χ4n) is 4.11. The smallest absolute Gasteiger partial charge is 0.349 e. The van der Waals surface area contributed by atoms with Crippen molar-refractivity contribution in [3.8, 4) is 0 Å². The van der Waals surface area contributed by atoms with Crippen LogP contribution in [0.3, 0.4) is 0 Å². The predicted octanol–water partition coefficient (Wildman–Crippen LogP) is 3.61. The maximum absolute atomic E-state index is 13.1. The van der Waals surface area contributed by atoms with Crippen LogP contribution >= 0.6 is 11.3 Å². The lowest BCUT2D eigenvalue weighted by molar-refractivity contribution is -0.133. The van der Waals surface area contributed by atoms with Gasteiger partial charge in [0.05, 0.1) is 11.2 Å². The maximum Gasteiger partial charge on any atom is 0.427 e. The number of anilines is 2. The lowest BCUT2D eigenvalue weighted by atomic mass is 9.93. The van der Waals surface area contributed by atoms with Crippen LogP contribution in [0.1, 0.15) is 28.2 Å². The molecule has 6 nitrogen and oxygen atoms in total. The summed E-state index contributed by atoms with van der Waals surface area (Å²) >= 11 is 0.553. The van der Waals surface area contributed by atoms with Crippen molar-refractivity contribution in [2.45, 2.75) is 31.1 Å². The Balaban J connectivity index is 1.45. The molecule has 6 rings (SSSR count). The Morgan fingerprint density at radius 1 is 1.21 bits per heavy atom. The molecular weight excluding hydrogens is 403 g/mol. The average molecular weight is 421 g/mol. The minimum absolute atomic E-state index is 0.196. The largest absolute Gasteiger partial charge is 0.427 e. The van der Waals surface area contributed by atoms with Crippen LogP contribution in [0.4, 0.5) is 24.7 Å². The Kier molecular flexibility index (Phi) is 4.28. The number of aromatic nitrogens is 2. The summed E-state index contributed by atoms with van der Waals surface area (Å²) in [5.74, 6) is 0.144. The van der Waals surface area contributed by atoms with Crippen molar-refractivity contribution in [2.75, 3.05) is 23.3 Å². The molecule has 152 valence electrons. The highest BCUT2D eigenvalue weighted by Crippen LogP contribution is 2.39. The van der Waals surface area contributed by atoms with E-state index >= 15 is 0 Å². The molecule has 0 saturated carbocycles. The molecule has 3 aromatic heterocycles. The molecule has 0 spiro atoms. The second kappa shape index (κ2) is 6.74. The molecule has 3 aliphatic rings. The molecular formula is C19H18F3N5OS. The Morgan fingerprint density at radius 3 is 2.72 bits per heavy atom. The highest BCUT2D eigenvalue weighted by atomic mass is 32.1. The third kappa shape index (κ3) is 3.25. The van der Waals surface area contributed by atoms with Gasteiger partial charge in [-0.05, 0) is 48.6 Å². The van der Waals surface area contributed by atoms with Crippen LogP contribution in [0.5, 0.6) is 0 Å². The van der Waals surface area contributed by atoms with Gasteiger partial charge in [0, 0.05) is 25.2 Å². The summed E-state index contributed by atoms with van der Waals surface area (Å²) < 4.78 is 40.8. The zero-order valence-corrected chi connectivity index (χ0v) is 16.1. The summed E-state index contributed by atoms with van der Waals surface area (Å²) in [4.78, 5) is 14.1. The van der Waals surface area contributed by atoms with Gasteiger partial charge < -0.3 is 15.5 Å². The number of rotatable bonds is 3. The minimum Gasteiger partial charge on any atom is -0.349 e. The van der Waals surface area contributed by atoms with E-state index in [1.807, 2.05) is 12.1 Å². The lowest BCUT2D eigenvalue weighted by Gasteiger charge is -2.46. The number of hydrogen-bond donors (Lipinski definition) is 2. The van der Waals surface area contributed by atoms with E-state index < -0.39 is 17.0 Å². The molecule has 2 N–H and O–H groups in total. The van der Waals surface area contributed by atoms with E-state index in [9.17, 15) is 18.0 Å². The highest BCUT2D eigenvalue weighted by Gasteiger charge is 2.36. The fourth-order valence-corrected chi connectivity index (χ4v) is 4.83. The standard InChI is InChI=1S/C19H18F3N5OS/c20-19(21,22)17-14(7-8-29-17)24-18(28)15-5-3-12-4-6-16(25-27(12)15)26-10-11-1-2-13(26)9-23-11/h3-8,11,13,23H,1-2,9-10H2,(H,24,28)/t11?,13-/m0/s1. The van der Waals surface area contributed by atoms with Crippen molar-refractivity contribution in [3.05, 3.63) is 46.3 Å². The fraction of sp³-hybridized carbons (Fsp3) is 0.368. The van der Waals surface area contributed by atoms with E-state index in [4.69, 9.17) is 0 Å². The zero-order chi connectivity index (χ0) is 20.2. The lowest BCUT2D eigenvalue weighted by Crippen LogP contribution is -2.61. The van der Waals surface area contributed by atoms with E-state index in [1.54, 1.807) is 12.1 Å². The molecule has 0 radical (unpaired) electrons. The molecule has 29 heavy (non-hydrogen) atoms. The summed E-state index contributed by atoms with van der Waals surface area (Å²) in [6, 6.07) is 9.16. The molecule has 3 aromatic rings. The Bertz CT molecular complexity index is 1070. The second-order valence-electron chi connectivity index (χ2n) is 7.35. The van der Waals surface area contributed by atoms with Crippen LogP contribution in [0.25, 0.3) is 5.52 Å². The summed E-state index contributed by atoms with van der Waals surface area (Å²) in [5.41, 5.74) is 0.667. The van der Waals surface area contributed by atoms with Crippen molar-refractivity contribution >= 4 is 34.3 Å². The van der Waals surface area contributed by atoms with Crippen molar-refractivity contribution in [3.63, 3.8) is 0 Å². The number of thiophene rings is 1. The maximum atomic E-state index is 13.1. The number of halogens is 3. The number of amides is 1. The molecule has 6 heterocycles. The molecule has 3 aliphatic heterocycles. The topological polar surface area (TPSA) is 61.7 Å². The zero-order valence-electron chi connectivity index (χ0n) is 15.2. The number of piperazine rings is 1. The highest BCUT2D eigenvalue weighted by molar-refractivity contribution is 7.10. The van der Waals surface area contributed by atoms with E-state index in [-0.39, 0.29) is 11.4 Å². The average Bonchev–Trinajstić information content (AvgIpc) is 3.35. The van der Waals surface area contributed by atoms with Crippen molar-refractivity contribution in [1.82, 2.24) is 14.9 Å². The minimum atomic E-state index is -4.51. The van der Waals surface area contributed by atoms with E-state index in [0.717, 1.165) is 31.7 Å². The van der Waals surface area contributed by atoms with Gasteiger partial charge >= 0.3 is 6.18 Å². The number of carbonyl (C=O) groups excluding carboxylic acids is 1. The number of fused-ring (bicyclic) bond motifs is 4. The molecule has 0 aromatic carbocycles. The number of piperidine rings is 2. The van der Waals surface area contributed by atoms with E-state index in [0.29, 0.717) is 28.9 Å². The van der Waals surface area contributed by atoms with Crippen LogP contribution < -0.4 is 15.5 Å². The number of hydrogen-bond acceptors (Lipinski definition) is 5. The Morgan fingerprint density at radius 2 is 2.03 bits per heavy atom. The first-order valence-corrected chi connectivity index (χ1v) is 10.2. The SMILES string of the molecule is O=C(Nc1ccsc1C(F)(F)F)c1ccc2ccc(N3CC4CC[C@H]3CN4)nn12. The Hall–Kier alpha value is -2.59. The van der Waals surface area contributed by atoms with Gasteiger partial charge in [0.1, 0.15) is 16.4 Å². The van der Waals surface area contributed by atoms with E-state index in [2.05, 4.69) is 20.6 Å². The predicted molar refractivity (Wildman–Crippen MR) is 105 cm³/mol. The molecule has 1 unspecified atom stereocenters.